The fraction of sp³-hybridized carbons (Fsp3) is 0.111. The Kier molecular flexibility index (Phi) is 5.57. The maximum Gasteiger partial charge on any atom is 0.269 e. The van der Waals surface area contributed by atoms with Gasteiger partial charge in [0.05, 0.1) is 12.1 Å². The van der Waals surface area contributed by atoms with Crippen molar-refractivity contribution in [1.82, 2.24) is 10.4 Å². The zero-order valence-corrected chi connectivity index (χ0v) is 15.8. The van der Waals surface area contributed by atoms with Crippen LogP contribution in [0.3, 0.4) is 0 Å². The quantitative estimate of drug-likeness (QED) is 0.721. The van der Waals surface area contributed by atoms with Crippen LogP contribution in [0.5, 0.6) is 0 Å². The first-order valence-electron chi connectivity index (χ1n) is 8.05. The molecule has 0 radical (unpaired) electrons. The highest BCUT2D eigenvalue weighted by Gasteiger charge is 2.45. The molecule has 3 rings (SSSR count). The Morgan fingerprint density at radius 1 is 1.14 bits per heavy atom. The van der Waals surface area contributed by atoms with Gasteiger partial charge < -0.3 is 5.73 Å². The third-order valence-corrected chi connectivity index (χ3v) is 4.65. The summed E-state index contributed by atoms with van der Waals surface area (Å²) in [6.45, 7) is 0. The fourth-order valence-electron chi connectivity index (χ4n) is 2.69. The third-order valence-electron chi connectivity index (χ3n) is 4.02. The second-order valence-electron chi connectivity index (χ2n) is 5.94. The zero-order chi connectivity index (χ0) is 20.4. The predicted octanol–water partition coefficient (Wildman–Crippen LogP) is 2.00. The summed E-state index contributed by atoms with van der Waals surface area (Å²) < 4.78 is 13.2. The van der Waals surface area contributed by atoms with Crippen LogP contribution in [0.1, 0.15) is 16.8 Å². The molecule has 1 aliphatic rings. The van der Waals surface area contributed by atoms with Crippen LogP contribution in [0.4, 0.5) is 10.1 Å². The molecule has 7 nitrogen and oxygen atoms in total. The predicted molar refractivity (Wildman–Crippen MR) is 105 cm³/mol. The first kappa shape index (κ1) is 19.7. The van der Waals surface area contributed by atoms with Gasteiger partial charge in [0.25, 0.3) is 11.8 Å². The fourth-order valence-corrected chi connectivity index (χ4v) is 3.19. The number of thiocarbonyl (C=S) groups is 1. The van der Waals surface area contributed by atoms with E-state index in [1.807, 2.05) is 0 Å². The summed E-state index contributed by atoms with van der Waals surface area (Å²) in [7, 11) is 0. The Labute approximate surface area is 169 Å². The van der Waals surface area contributed by atoms with Gasteiger partial charge in [0, 0.05) is 10.6 Å². The van der Waals surface area contributed by atoms with Crippen molar-refractivity contribution in [3.8, 4) is 0 Å². The number of halogens is 2. The lowest BCUT2D eigenvalue weighted by Crippen LogP contribution is -2.49. The van der Waals surface area contributed by atoms with Crippen LogP contribution in [0, 0.1) is 5.82 Å². The molecule has 1 saturated heterocycles. The van der Waals surface area contributed by atoms with E-state index in [9.17, 15) is 18.8 Å². The average molecular weight is 421 g/mol. The maximum absolute atomic E-state index is 13.2. The number of carbonyl (C=O) groups is 3. The first-order valence-corrected chi connectivity index (χ1v) is 8.84. The molecule has 3 amide bonds. The number of carbonyl (C=O) groups excluding carboxylic acids is 3. The summed E-state index contributed by atoms with van der Waals surface area (Å²) in [6, 6.07) is 10.0. The summed E-state index contributed by atoms with van der Waals surface area (Å²) in [5, 5.41) is 1.51. The number of hydrogen-bond donors (Lipinski definition) is 2. The Balaban J connectivity index is 1.90. The molecule has 0 bridgehead atoms. The van der Waals surface area contributed by atoms with E-state index in [0.717, 1.165) is 9.91 Å². The minimum atomic E-state index is -1.12. The van der Waals surface area contributed by atoms with E-state index < -0.39 is 29.6 Å². The molecular weight excluding hydrogens is 407 g/mol. The van der Waals surface area contributed by atoms with Gasteiger partial charge in [-0.1, -0.05) is 11.6 Å². The average Bonchev–Trinajstić information content (AvgIpc) is 2.87. The number of nitrogens with zero attached hydrogens (tertiary/aromatic N) is 2. The molecule has 2 aromatic carbocycles. The number of hydrogen-bond acceptors (Lipinski definition) is 4. The number of nitrogens with two attached hydrogens (primary N) is 1. The van der Waals surface area contributed by atoms with E-state index in [2.05, 4.69) is 5.43 Å². The number of rotatable bonds is 5. The normalized spacial score (nSPS) is 16.4. The van der Waals surface area contributed by atoms with Crippen LogP contribution in [0.2, 0.25) is 5.02 Å². The van der Waals surface area contributed by atoms with E-state index in [4.69, 9.17) is 29.6 Å². The summed E-state index contributed by atoms with van der Waals surface area (Å²) in [4.78, 5) is 37.9. The summed E-state index contributed by atoms with van der Waals surface area (Å²) in [6.07, 6.45) is -0.364. The summed E-state index contributed by atoms with van der Waals surface area (Å²) in [5.74, 6) is -2.34. The third kappa shape index (κ3) is 3.95. The Morgan fingerprint density at radius 3 is 2.32 bits per heavy atom. The van der Waals surface area contributed by atoms with Crippen molar-refractivity contribution in [2.45, 2.75) is 12.5 Å². The molecule has 1 aliphatic heterocycles. The molecular formula is C18H14ClFN4O3S. The van der Waals surface area contributed by atoms with Gasteiger partial charge in [-0.3, -0.25) is 24.7 Å². The van der Waals surface area contributed by atoms with Crippen molar-refractivity contribution in [2.24, 2.45) is 5.73 Å². The summed E-state index contributed by atoms with van der Waals surface area (Å²) >= 11 is 11.1. The van der Waals surface area contributed by atoms with Crippen molar-refractivity contribution < 1.29 is 18.8 Å². The Morgan fingerprint density at radius 2 is 1.75 bits per heavy atom. The molecule has 1 heterocycles. The highest BCUT2D eigenvalue weighted by molar-refractivity contribution is 7.80. The van der Waals surface area contributed by atoms with Gasteiger partial charge in [0.15, 0.2) is 0 Å². The topological polar surface area (TPSA) is 95.7 Å². The zero-order valence-electron chi connectivity index (χ0n) is 14.3. The molecule has 28 heavy (non-hydrogen) atoms. The van der Waals surface area contributed by atoms with Crippen molar-refractivity contribution in [2.75, 3.05) is 4.90 Å². The van der Waals surface area contributed by atoms with E-state index in [1.54, 1.807) is 0 Å². The standard InChI is InChI=1S/C18H14ClFN4O3S/c19-11-3-1-10(2-4-11)16(26)22-24-14(9-15(21)25)17(27)23(18(24)28)13-7-5-12(20)6-8-13/h1-8,14H,9H2,(H2,21,25)(H,22,26). The number of anilines is 1. The van der Waals surface area contributed by atoms with Crippen LogP contribution in [-0.2, 0) is 9.59 Å². The Hall–Kier alpha value is -3.04. The Bertz CT molecular complexity index is 952. The van der Waals surface area contributed by atoms with Crippen molar-refractivity contribution in [3.63, 3.8) is 0 Å². The molecule has 1 unspecified atom stereocenters. The van der Waals surface area contributed by atoms with Gasteiger partial charge in [-0.2, -0.15) is 0 Å². The highest BCUT2D eigenvalue weighted by atomic mass is 35.5. The van der Waals surface area contributed by atoms with Crippen LogP contribution in [0.15, 0.2) is 48.5 Å². The van der Waals surface area contributed by atoms with Gasteiger partial charge in [-0.05, 0) is 60.7 Å². The molecule has 0 spiro atoms. The minimum Gasteiger partial charge on any atom is -0.370 e. The largest absolute Gasteiger partial charge is 0.370 e. The van der Waals surface area contributed by atoms with Gasteiger partial charge >= 0.3 is 0 Å². The molecule has 0 aromatic heterocycles. The van der Waals surface area contributed by atoms with E-state index in [0.29, 0.717) is 10.7 Å². The van der Waals surface area contributed by atoms with Gasteiger partial charge in [0.2, 0.25) is 11.0 Å². The lowest BCUT2D eigenvalue weighted by Gasteiger charge is -2.24. The molecule has 1 fully saturated rings. The van der Waals surface area contributed by atoms with Crippen molar-refractivity contribution >= 4 is 52.3 Å². The lowest BCUT2D eigenvalue weighted by molar-refractivity contribution is -0.125. The van der Waals surface area contributed by atoms with Crippen LogP contribution in [0.25, 0.3) is 0 Å². The van der Waals surface area contributed by atoms with E-state index in [-0.39, 0.29) is 17.1 Å². The smallest absolute Gasteiger partial charge is 0.269 e. The first-order chi connectivity index (χ1) is 13.3. The second kappa shape index (κ2) is 7.91. The van der Waals surface area contributed by atoms with Crippen LogP contribution in [-0.4, -0.2) is 33.9 Å². The van der Waals surface area contributed by atoms with Crippen molar-refractivity contribution in [1.29, 1.82) is 0 Å². The van der Waals surface area contributed by atoms with Crippen molar-refractivity contribution in [3.05, 3.63) is 64.9 Å². The molecule has 0 aliphatic carbocycles. The minimum absolute atomic E-state index is 0.0647. The van der Waals surface area contributed by atoms with Gasteiger partial charge in [0.1, 0.15) is 11.9 Å². The number of primary amides is 1. The number of benzene rings is 2. The molecule has 2 aromatic rings. The molecule has 1 atom stereocenters. The molecule has 144 valence electrons. The lowest BCUT2D eigenvalue weighted by atomic mass is 10.2. The van der Waals surface area contributed by atoms with Gasteiger partial charge in [-0.25, -0.2) is 9.40 Å². The molecule has 10 heteroatoms. The molecule has 3 N–H and O–H groups in total. The van der Waals surface area contributed by atoms with Gasteiger partial charge in [-0.15, -0.1) is 0 Å². The number of hydrazine groups is 1. The van der Waals surface area contributed by atoms with E-state index in [1.165, 1.54) is 48.5 Å². The summed E-state index contributed by atoms with van der Waals surface area (Å²) in [5.41, 5.74) is 8.35. The highest BCUT2D eigenvalue weighted by Crippen LogP contribution is 2.26. The van der Waals surface area contributed by atoms with E-state index >= 15 is 0 Å². The number of nitrogens with one attached hydrogen (secondary N) is 1. The van der Waals surface area contributed by atoms with Crippen LogP contribution >= 0.6 is 23.8 Å². The molecule has 0 saturated carbocycles. The SMILES string of the molecule is NC(=O)CC1C(=O)N(c2ccc(F)cc2)C(=S)N1NC(=O)c1ccc(Cl)cc1. The maximum atomic E-state index is 13.2. The monoisotopic (exact) mass is 420 g/mol. The second-order valence-corrected chi connectivity index (χ2v) is 6.74. The van der Waals surface area contributed by atoms with Crippen LogP contribution < -0.4 is 16.1 Å². The number of amides is 3.